The molecule has 0 amide bonds. The van der Waals surface area contributed by atoms with Gasteiger partial charge in [-0.15, -0.1) is 0 Å². The predicted octanol–water partition coefficient (Wildman–Crippen LogP) is 1.90. The summed E-state index contributed by atoms with van der Waals surface area (Å²) in [5, 5.41) is -0.0659. The Morgan fingerprint density at radius 1 is 1.18 bits per heavy atom. The van der Waals surface area contributed by atoms with Crippen LogP contribution in [0.25, 0.3) is 10.8 Å². The highest BCUT2D eigenvalue weighted by atomic mass is 35.5. The summed E-state index contributed by atoms with van der Waals surface area (Å²) in [6.07, 6.45) is 1.04. The summed E-state index contributed by atoms with van der Waals surface area (Å²) in [5.41, 5.74) is -0.431. The summed E-state index contributed by atoms with van der Waals surface area (Å²) in [4.78, 5) is 22.7. The van der Waals surface area contributed by atoms with Crippen LogP contribution in [-0.2, 0) is 0 Å². The fourth-order valence-corrected chi connectivity index (χ4v) is 1.87. The molecule has 0 saturated carbocycles. The topological polar surface area (TPSA) is 65.7 Å². The fourth-order valence-electron chi connectivity index (χ4n) is 1.73. The van der Waals surface area contributed by atoms with Gasteiger partial charge in [0.2, 0.25) is 6.79 Å². The van der Waals surface area contributed by atoms with Gasteiger partial charge in [0, 0.05) is 5.39 Å². The number of fused-ring (bicyclic) bond motifs is 2. The largest absolute Gasteiger partial charge is 0.454 e. The maximum absolute atomic E-state index is 11.5. The molecule has 3 rings (SSSR count). The van der Waals surface area contributed by atoms with Crippen molar-refractivity contribution in [3.8, 4) is 11.5 Å². The van der Waals surface area contributed by atoms with Crippen LogP contribution >= 0.6 is 11.6 Å². The molecule has 0 bridgehead atoms. The molecule has 1 aliphatic rings. The van der Waals surface area contributed by atoms with Gasteiger partial charge in [0.25, 0.3) is 5.24 Å². The van der Waals surface area contributed by atoms with Gasteiger partial charge in [0.15, 0.2) is 11.5 Å². The van der Waals surface area contributed by atoms with Gasteiger partial charge in [-0.3, -0.25) is 4.79 Å². The molecule has 2 heterocycles. The first kappa shape index (κ1) is 10.2. The van der Waals surface area contributed by atoms with Crippen molar-refractivity contribution in [3.05, 3.63) is 34.4 Å². The molecular weight excluding hydrogens is 248 g/mol. The van der Waals surface area contributed by atoms with Gasteiger partial charge in [-0.1, -0.05) is 0 Å². The third kappa shape index (κ3) is 1.47. The van der Waals surface area contributed by atoms with Gasteiger partial charge in [-0.05, 0) is 23.7 Å². The predicted molar refractivity (Wildman–Crippen MR) is 58.8 cm³/mol. The lowest BCUT2D eigenvalue weighted by Gasteiger charge is -2.02. The van der Waals surface area contributed by atoms with Gasteiger partial charge in [0.05, 0.1) is 10.9 Å². The Labute approximate surface area is 99.5 Å². The van der Waals surface area contributed by atoms with E-state index >= 15 is 0 Å². The zero-order valence-corrected chi connectivity index (χ0v) is 9.11. The highest BCUT2D eigenvalue weighted by molar-refractivity contribution is 6.68. The van der Waals surface area contributed by atoms with Crippen LogP contribution in [0.1, 0.15) is 10.4 Å². The molecule has 0 atom stereocenters. The smallest absolute Gasteiger partial charge is 0.343 e. The number of ether oxygens (including phenoxy) is 2. The van der Waals surface area contributed by atoms with Crippen LogP contribution in [0.15, 0.2) is 27.6 Å². The van der Waals surface area contributed by atoms with E-state index in [0.717, 1.165) is 6.26 Å². The van der Waals surface area contributed by atoms with Gasteiger partial charge in [-0.25, -0.2) is 4.79 Å². The van der Waals surface area contributed by atoms with E-state index in [2.05, 4.69) is 0 Å². The van der Waals surface area contributed by atoms with E-state index in [1.807, 2.05) is 0 Å². The van der Waals surface area contributed by atoms with Crippen LogP contribution in [0, 0.1) is 0 Å². The maximum atomic E-state index is 11.5. The molecular formula is C11H5ClO5. The molecule has 1 aromatic heterocycles. The molecule has 0 fully saturated rings. The Kier molecular flexibility index (Phi) is 2.09. The summed E-state index contributed by atoms with van der Waals surface area (Å²) in [5.74, 6) is 0.922. The first-order valence-electron chi connectivity index (χ1n) is 4.72. The molecule has 2 aromatic rings. The molecule has 6 heteroatoms. The third-order valence-electron chi connectivity index (χ3n) is 2.52. The molecule has 0 N–H and O–H groups in total. The third-order valence-corrected chi connectivity index (χ3v) is 2.72. The minimum absolute atomic E-state index is 0.0845. The SMILES string of the molecule is O=C(Cl)c1coc(=O)c2cc3c(cc12)OCO3. The minimum atomic E-state index is -0.697. The van der Waals surface area contributed by atoms with Crippen LogP contribution in [0.3, 0.4) is 0 Å². The number of carbonyl (C=O) groups is 1. The van der Waals surface area contributed by atoms with Crippen LogP contribution in [0.5, 0.6) is 11.5 Å². The van der Waals surface area contributed by atoms with Crippen molar-refractivity contribution in [1.82, 2.24) is 0 Å². The van der Waals surface area contributed by atoms with E-state index in [9.17, 15) is 9.59 Å². The lowest BCUT2D eigenvalue weighted by Crippen LogP contribution is -2.03. The molecule has 0 aliphatic carbocycles. The van der Waals surface area contributed by atoms with Crippen molar-refractivity contribution in [2.75, 3.05) is 6.79 Å². The first-order valence-corrected chi connectivity index (χ1v) is 5.09. The molecule has 0 unspecified atom stereocenters. The molecule has 0 radical (unpaired) electrons. The van der Waals surface area contributed by atoms with Gasteiger partial charge < -0.3 is 13.9 Å². The zero-order valence-electron chi connectivity index (χ0n) is 8.36. The molecule has 1 aliphatic heterocycles. The maximum Gasteiger partial charge on any atom is 0.343 e. The summed E-state index contributed by atoms with van der Waals surface area (Å²) in [6.45, 7) is 0.0845. The average molecular weight is 253 g/mol. The summed E-state index contributed by atoms with van der Waals surface area (Å²) in [6, 6.07) is 3.02. The lowest BCUT2D eigenvalue weighted by molar-refractivity contribution is 0.108. The number of carbonyl (C=O) groups excluding carboxylic acids is 1. The number of hydrogen-bond donors (Lipinski definition) is 0. The number of benzene rings is 1. The van der Waals surface area contributed by atoms with E-state index in [1.54, 1.807) is 6.07 Å². The lowest BCUT2D eigenvalue weighted by atomic mass is 10.1. The Balaban J connectivity index is 2.44. The zero-order chi connectivity index (χ0) is 12.0. The monoisotopic (exact) mass is 252 g/mol. The van der Waals surface area contributed by atoms with Crippen molar-refractivity contribution >= 4 is 27.6 Å². The van der Waals surface area contributed by atoms with E-state index in [-0.39, 0.29) is 17.7 Å². The van der Waals surface area contributed by atoms with Gasteiger partial charge in [-0.2, -0.15) is 0 Å². The first-order chi connectivity index (χ1) is 8.16. The quantitative estimate of drug-likeness (QED) is 0.725. The van der Waals surface area contributed by atoms with Gasteiger partial charge >= 0.3 is 5.63 Å². The summed E-state index contributed by atoms with van der Waals surface area (Å²) in [7, 11) is 0. The van der Waals surface area contributed by atoms with E-state index in [0.29, 0.717) is 16.9 Å². The highest BCUT2D eigenvalue weighted by Gasteiger charge is 2.19. The molecule has 1 aromatic carbocycles. The molecule has 0 saturated heterocycles. The van der Waals surface area contributed by atoms with E-state index in [4.69, 9.17) is 25.5 Å². The van der Waals surface area contributed by atoms with E-state index < -0.39 is 10.9 Å². The van der Waals surface area contributed by atoms with Crippen molar-refractivity contribution < 1.29 is 18.7 Å². The van der Waals surface area contributed by atoms with Crippen LogP contribution in [0.4, 0.5) is 0 Å². The number of halogens is 1. The summed E-state index contributed by atoms with van der Waals surface area (Å²) < 4.78 is 15.0. The van der Waals surface area contributed by atoms with E-state index in [1.165, 1.54) is 6.07 Å². The number of hydrogen-bond acceptors (Lipinski definition) is 5. The Morgan fingerprint density at radius 3 is 2.47 bits per heavy atom. The average Bonchev–Trinajstić information content (AvgIpc) is 2.74. The van der Waals surface area contributed by atoms with Crippen molar-refractivity contribution in [1.29, 1.82) is 0 Å². The second-order valence-corrected chi connectivity index (χ2v) is 3.80. The van der Waals surface area contributed by atoms with Crippen molar-refractivity contribution in [3.63, 3.8) is 0 Å². The molecule has 86 valence electrons. The Bertz CT molecular complexity index is 688. The fraction of sp³-hybridized carbons (Fsp3) is 0.0909. The highest BCUT2D eigenvalue weighted by Crippen LogP contribution is 2.36. The molecule has 0 spiro atoms. The second-order valence-electron chi connectivity index (χ2n) is 3.46. The van der Waals surface area contributed by atoms with Crippen LogP contribution < -0.4 is 15.1 Å². The van der Waals surface area contributed by atoms with Crippen molar-refractivity contribution in [2.24, 2.45) is 0 Å². The Morgan fingerprint density at radius 2 is 1.82 bits per heavy atom. The summed E-state index contributed by atoms with van der Waals surface area (Å²) >= 11 is 5.41. The number of rotatable bonds is 1. The molecule has 5 nitrogen and oxygen atoms in total. The normalized spacial score (nSPS) is 13.0. The van der Waals surface area contributed by atoms with Crippen LogP contribution in [-0.4, -0.2) is 12.0 Å². The van der Waals surface area contributed by atoms with Crippen LogP contribution in [0.2, 0.25) is 0 Å². The van der Waals surface area contributed by atoms with Crippen molar-refractivity contribution in [2.45, 2.75) is 0 Å². The van der Waals surface area contributed by atoms with Gasteiger partial charge in [0.1, 0.15) is 6.26 Å². The second kappa shape index (κ2) is 3.49. The Hall–Kier alpha value is -2.01. The molecule has 17 heavy (non-hydrogen) atoms. The minimum Gasteiger partial charge on any atom is -0.454 e. The standard InChI is InChI=1S/C11H5ClO5/c12-10(13)7-3-15-11(14)6-2-9-8(1-5(6)7)16-4-17-9/h1-3H,4H2.